The minimum Gasteiger partial charge on any atom is -0.480 e. The molecule has 0 fully saturated rings. The molecule has 1 atom stereocenters. The Bertz CT molecular complexity index is 514. The molecule has 1 aromatic heterocycles. The lowest BCUT2D eigenvalue weighted by atomic mass is 10.1. The van der Waals surface area contributed by atoms with E-state index in [9.17, 15) is 9.59 Å². The molecule has 0 radical (unpaired) electrons. The molecule has 0 aromatic carbocycles. The molecular weight excluding hydrogens is 302 g/mol. The van der Waals surface area contributed by atoms with E-state index in [1.165, 1.54) is 0 Å². The molecule has 0 aliphatic heterocycles. The van der Waals surface area contributed by atoms with Crippen molar-refractivity contribution in [3.05, 3.63) is 16.1 Å². The molecule has 6 nitrogen and oxygen atoms in total. The third-order valence-electron chi connectivity index (χ3n) is 3.29. The van der Waals surface area contributed by atoms with E-state index in [4.69, 9.17) is 5.11 Å². The number of carboxylic acid groups (broad SMARTS) is 1. The summed E-state index contributed by atoms with van der Waals surface area (Å²) in [4.78, 5) is 29.2. The number of likely N-dealkylation sites (N-methyl/N-ethyl adjacent to an activating group) is 1. The lowest BCUT2D eigenvalue weighted by Crippen LogP contribution is -2.46. The molecular formula is C15H25N3O3S. The van der Waals surface area contributed by atoms with Crippen molar-refractivity contribution in [3.63, 3.8) is 0 Å². The van der Waals surface area contributed by atoms with Crippen LogP contribution in [0.4, 0.5) is 0 Å². The molecule has 1 rings (SSSR count). The maximum atomic E-state index is 12.1. The number of nitrogens with zero attached hydrogens (tertiary/aromatic N) is 2. The summed E-state index contributed by atoms with van der Waals surface area (Å²) < 4.78 is 0. The Kier molecular flexibility index (Phi) is 6.96. The van der Waals surface area contributed by atoms with Gasteiger partial charge in [0.05, 0.1) is 23.8 Å². The van der Waals surface area contributed by atoms with Crippen molar-refractivity contribution in [1.82, 2.24) is 15.2 Å². The van der Waals surface area contributed by atoms with Gasteiger partial charge in [-0.05, 0) is 5.92 Å². The summed E-state index contributed by atoms with van der Waals surface area (Å²) in [6.07, 6.45) is 0. The summed E-state index contributed by atoms with van der Waals surface area (Å²) >= 11 is 1.60. The topological polar surface area (TPSA) is 82.5 Å². The number of thiazole rings is 1. The first-order valence-electron chi connectivity index (χ1n) is 7.36. The molecule has 1 heterocycles. The van der Waals surface area contributed by atoms with Crippen LogP contribution in [0.5, 0.6) is 0 Å². The van der Waals surface area contributed by atoms with Crippen LogP contribution in [0.3, 0.4) is 0 Å². The Morgan fingerprint density at radius 1 is 1.36 bits per heavy atom. The zero-order chi connectivity index (χ0) is 16.9. The third kappa shape index (κ3) is 5.38. The zero-order valence-corrected chi connectivity index (χ0v) is 14.6. The van der Waals surface area contributed by atoms with E-state index in [0.717, 1.165) is 10.7 Å². The minimum atomic E-state index is -0.938. The molecule has 0 saturated heterocycles. The van der Waals surface area contributed by atoms with Gasteiger partial charge in [0.1, 0.15) is 6.04 Å². The van der Waals surface area contributed by atoms with E-state index in [2.05, 4.69) is 24.1 Å². The second-order valence-electron chi connectivity index (χ2n) is 6.02. The molecule has 0 bridgehead atoms. The highest BCUT2D eigenvalue weighted by molar-refractivity contribution is 7.09. The van der Waals surface area contributed by atoms with E-state index in [1.54, 1.807) is 23.3 Å². The Morgan fingerprint density at radius 3 is 2.45 bits per heavy atom. The first-order chi connectivity index (χ1) is 10.2. The van der Waals surface area contributed by atoms with E-state index < -0.39 is 12.0 Å². The standard InChI is InChI=1S/C15H25N3O3S/c1-9(2)13(15(20)21)16-6-12(19)18(5)7-11-8-22-14(17-11)10(3)4/h8-10,13,16H,6-7H2,1-5H3,(H,20,21)/t13-/m0/s1. The SMILES string of the molecule is CC(C)c1nc(CN(C)C(=O)CN[C@H](C(=O)O)C(C)C)cs1. The van der Waals surface area contributed by atoms with Gasteiger partial charge in [0.15, 0.2) is 0 Å². The van der Waals surface area contributed by atoms with Crippen LogP contribution in [-0.4, -0.2) is 46.5 Å². The van der Waals surface area contributed by atoms with Crippen LogP contribution >= 0.6 is 11.3 Å². The second kappa shape index (κ2) is 8.24. The monoisotopic (exact) mass is 327 g/mol. The van der Waals surface area contributed by atoms with Gasteiger partial charge in [0, 0.05) is 18.3 Å². The number of amides is 1. The van der Waals surface area contributed by atoms with Crippen molar-refractivity contribution in [2.75, 3.05) is 13.6 Å². The lowest BCUT2D eigenvalue weighted by molar-refractivity contribution is -0.141. The molecule has 1 aromatic rings. The van der Waals surface area contributed by atoms with Gasteiger partial charge in [-0.25, -0.2) is 4.98 Å². The van der Waals surface area contributed by atoms with Gasteiger partial charge in [-0.3, -0.25) is 14.9 Å². The molecule has 7 heteroatoms. The third-order valence-corrected chi connectivity index (χ3v) is 4.49. The first kappa shape index (κ1) is 18.6. The van der Waals surface area contributed by atoms with Crippen molar-refractivity contribution < 1.29 is 14.7 Å². The normalized spacial score (nSPS) is 12.7. The summed E-state index contributed by atoms with van der Waals surface area (Å²) in [6, 6.07) is -0.718. The number of nitrogens with one attached hydrogen (secondary N) is 1. The molecule has 1 amide bonds. The van der Waals surface area contributed by atoms with Crippen LogP contribution in [0.1, 0.15) is 44.3 Å². The van der Waals surface area contributed by atoms with Crippen LogP contribution in [0, 0.1) is 5.92 Å². The fourth-order valence-electron chi connectivity index (χ4n) is 1.93. The van der Waals surface area contributed by atoms with Gasteiger partial charge in [0.2, 0.25) is 5.91 Å². The lowest BCUT2D eigenvalue weighted by Gasteiger charge is -2.20. The number of rotatable bonds is 8. The van der Waals surface area contributed by atoms with Crippen LogP contribution in [0.25, 0.3) is 0 Å². The Labute approximate surface area is 135 Å². The van der Waals surface area contributed by atoms with Crippen molar-refractivity contribution in [2.24, 2.45) is 5.92 Å². The Balaban J connectivity index is 2.52. The molecule has 0 spiro atoms. The van der Waals surface area contributed by atoms with Crippen molar-refractivity contribution in [2.45, 2.75) is 46.2 Å². The van der Waals surface area contributed by atoms with E-state index in [0.29, 0.717) is 12.5 Å². The largest absolute Gasteiger partial charge is 0.480 e. The Morgan fingerprint density at radius 2 is 2.00 bits per heavy atom. The summed E-state index contributed by atoms with van der Waals surface area (Å²) in [5.74, 6) is -0.788. The molecule has 0 unspecified atom stereocenters. The first-order valence-corrected chi connectivity index (χ1v) is 8.24. The summed E-state index contributed by atoms with van der Waals surface area (Å²) in [7, 11) is 1.70. The highest BCUT2D eigenvalue weighted by atomic mass is 32.1. The van der Waals surface area contributed by atoms with Crippen LogP contribution in [0.2, 0.25) is 0 Å². The van der Waals surface area contributed by atoms with E-state index in [-0.39, 0.29) is 18.4 Å². The average Bonchev–Trinajstić information content (AvgIpc) is 2.86. The quantitative estimate of drug-likeness (QED) is 0.762. The minimum absolute atomic E-state index is 0.00677. The van der Waals surface area contributed by atoms with Gasteiger partial charge in [-0.15, -0.1) is 11.3 Å². The van der Waals surface area contributed by atoms with Gasteiger partial charge in [-0.2, -0.15) is 0 Å². The molecule has 0 aliphatic carbocycles. The van der Waals surface area contributed by atoms with Crippen LogP contribution < -0.4 is 5.32 Å². The maximum absolute atomic E-state index is 12.1. The van der Waals surface area contributed by atoms with Gasteiger partial charge >= 0.3 is 5.97 Å². The average molecular weight is 327 g/mol. The van der Waals surface area contributed by atoms with Crippen LogP contribution in [0.15, 0.2) is 5.38 Å². The number of carbonyl (C=O) groups excluding carboxylic acids is 1. The maximum Gasteiger partial charge on any atom is 0.320 e. The number of aliphatic carboxylic acids is 1. The smallest absolute Gasteiger partial charge is 0.320 e. The number of hydrogen-bond acceptors (Lipinski definition) is 5. The van der Waals surface area contributed by atoms with Gasteiger partial charge < -0.3 is 10.0 Å². The van der Waals surface area contributed by atoms with E-state index in [1.807, 2.05) is 19.2 Å². The van der Waals surface area contributed by atoms with Crippen molar-refractivity contribution in [1.29, 1.82) is 0 Å². The zero-order valence-electron chi connectivity index (χ0n) is 13.8. The predicted octanol–water partition coefficient (Wildman–Crippen LogP) is 1.92. The highest BCUT2D eigenvalue weighted by Crippen LogP contribution is 2.19. The van der Waals surface area contributed by atoms with Crippen LogP contribution in [-0.2, 0) is 16.1 Å². The summed E-state index contributed by atoms with van der Waals surface area (Å²) in [6.45, 7) is 8.22. The molecule has 0 aliphatic rings. The fourth-order valence-corrected chi connectivity index (χ4v) is 2.76. The van der Waals surface area contributed by atoms with Crippen molar-refractivity contribution >= 4 is 23.2 Å². The summed E-state index contributed by atoms with van der Waals surface area (Å²) in [5, 5.41) is 14.9. The molecule has 22 heavy (non-hydrogen) atoms. The number of carbonyl (C=O) groups is 2. The fraction of sp³-hybridized carbons (Fsp3) is 0.667. The number of carboxylic acids is 1. The predicted molar refractivity (Wildman–Crippen MR) is 86.9 cm³/mol. The van der Waals surface area contributed by atoms with Gasteiger partial charge in [0.25, 0.3) is 0 Å². The molecule has 0 saturated carbocycles. The second-order valence-corrected chi connectivity index (χ2v) is 6.91. The molecule has 124 valence electrons. The highest BCUT2D eigenvalue weighted by Gasteiger charge is 2.22. The van der Waals surface area contributed by atoms with E-state index >= 15 is 0 Å². The number of aromatic nitrogens is 1. The number of hydrogen-bond donors (Lipinski definition) is 2. The Hall–Kier alpha value is -1.47. The summed E-state index contributed by atoms with van der Waals surface area (Å²) in [5.41, 5.74) is 0.864. The van der Waals surface area contributed by atoms with Crippen molar-refractivity contribution in [3.8, 4) is 0 Å². The molecule has 2 N–H and O–H groups in total. The van der Waals surface area contributed by atoms with Gasteiger partial charge in [-0.1, -0.05) is 27.7 Å².